The molecule has 36 heavy (non-hydrogen) atoms. The lowest BCUT2D eigenvalue weighted by Gasteiger charge is -2.12. The van der Waals surface area contributed by atoms with E-state index in [9.17, 15) is 9.59 Å². The number of benzene rings is 3. The first-order valence-corrected chi connectivity index (χ1v) is 12.0. The fraction of sp³-hybridized carbons (Fsp3) is 0.357. The van der Waals surface area contributed by atoms with Crippen LogP contribution in [0, 0.1) is 0 Å². The Morgan fingerprint density at radius 2 is 0.917 bits per heavy atom. The van der Waals surface area contributed by atoms with Gasteiger partial charge in [0.2, 0.25) is 0 Å². The molecule has 4 rings (SSSR count). The molecule has 0 saturated carbocycles. The van der Waals surface area contributed by atoms with E-state index < -0.39 is 11.9 Å². The van der Waals surface area contributed by atoms with E-state index in [2.05, 4.69) is 6.07 Å². The van der Waals surface area contributed by atoms with Crippen LogP contribution in [0.4, 0.5) is 0 Å². The van der Waals surface area contributed by atoms with Crippen LogP contribution >= 0.6 is 0 Å². The van der Waals surface area contributed by atoms with E-state index in [0.717, 1.165) is 27.1 Å². The smallest absolute Gasteiger partial charge is 0.345 e. The molecule has 0 spiro atoms. The van der Waals surface area contributed by atoms with Gasteiger partial charge in [0.05, 0.1) is 52.9 Å². The Kier molecular flexibility index (Phi) is 9.81. The van der Waals surface area contributed by atoms with Crippen molar-refractivity contribution in [1.29, 1.82) is 0 Å². The molecule has 0 bridgehead atoms. The lowest BCUT2D eigenvalue weighted by Crippen LogP contribution is -2.22. The van der Waals surface area contributed by atoms with E-state index >= 15 is 0 Å². The van der Waals surface area contributed by atoms with Gasteiger partial charge in [0.25, 0.3) is 0 Å². The fourth-order valence-electron chi connectivity index (χ4n) is 3.85. The predicted octanol–water partition coefficient (Wildman–Crippen LogP) is 3.54. The number of rotatable bonds is 1. The molecule has 0 unspecified atom stereocenters. The highest BCUT2D eigenvalue weighted by Crippen LogP contribution is 2.30. The van der Waals surface area contributed by atoms with Gasteiger partial charge in [0, 0.05) is 0 Å². The average molecular weight is 495 g/mol. The topological polar surface area (TPSA) is 89.5 Å². The summed E-state index contributed by atoms with van der Waals surface area (Å²) in [7, 11) is 0. The molecule has 0 aromatic heterocycles. The number of hydrogen-bond donors (Lipinski definition) is 0. The number of esters is 2. The van der Waals surface area contributed by atoms with Crippen LogP contribution in [-0.2, 0) is 38.0 Å². The van der Waals surface area contributed by atoms with Crippen LogP contribution in [0.3, 0.4) is 0 Å². The van der Waals surface area contributed by atoms with Gasteiger partial charge < -0.3 is 28.4 Å². The minimum atomic E-state index is -0.774. The zero-order valence-electron chi connectivity index (χ0n) is 20.1. The van der Waals surface area contributed by atoms with Crippen LogP contribution in [0.1, 0.15) is 5.56 Å². The lowest BCUT2D eigenvalue weighted by molar-refractivity contribution is -0.148. The monoisotopic (exact) mass is 494 g/mol. The Bertz CT molecular complexity index is 1120. The summed E-state index contributed by atoms with van der Waals surface area (Å²) in [4.78, 5) is 26.0. The van der Waals surface area contributed by atoms with Crippen molar-refractivity contribution in [2.24, 2.45) is 0 Å². The Morgan fingerprint density at radius 1 is 0.528 bits per heavy atom. The molecular weight excluding hydrogens is 464 g/mol. The van der Waals surface area contributed by atoms with E-state index in [0.29, 0.717) is 39.6 Å². The van der Waals surface area contributed by atoms with Crippen LogP contribution in [0.2, 0.25) is 0 Å². The quantitative estimate of drug-likeness (QED) is 0.220. The Labute approximate surface area is 209 Å². The first-order valence-electron chi connectivity index (χ1n) is 12.0. The SMILES string of the molecule is O=C1OCCOCCOCCOCCOCCOC(=O)C1=Cc1c2ccccc2cc2ccccc12. The molecule has 1 aliphatic rings. The van der Waals surface area contributed by atoms with Crippen LogP contribution in [0.25, 0.3) is 27.6 Å². The zero-order chi connectivity index (χ0) is 25.0. The summed E-state index contributed by atoms with van der Waals surface area (Å²) >= 11 is 0. The highest BCUT2D eigenvalue weighted by Gasteiger charge is 2.23. The molecule has 0 amide bonds. The largest absolute Gasteiger partial charge is 0.459 e. The van der Waals surface area contributed by atoms with E-state index in [1.807, 2.05) is 48.5 Å². The predicted molar refractivity (Wildman–Crippen MR) is 135 cm³/mol. The molecule has 0 radical (unpaired) electrons. The maximum absolute atomic E-state index is 13.0. The summed E-state index contributed by atoms with van der Waals surface area (Å²) in [6.07, 6.45) is 1.56. The van der Waals surface area contributed by atoms with Crippen LogP contribution < -0.4 is 0 Å². The zero-order valence-corrected chi connectivity index (χ0v) is 20.1. The number of ether oxygens (including phenoxy) is 6. The first kappa shape index (κ1) is 25.8. The van der Waals surface area contributed by atoms with E-state index in [1.54, 1.807) is 6.08 Å². The van der Waals surface area contributed by atoms with E-state index in [1.165, 1.54) is 0 Å². The molecule has 3 aromatic rings. The minimum Gasteiger partial charge on any atom is -0.459 e. The molecule has 8 heteroatoms. The van der Waals surface area contributed by atoms with E-state index in [4.69, 9.17) is 28.4 Å². The third kappa shape index (κ3) is 7.11. The van der Waals surface area contributed by atoms with Crippen molar-refractivity contribution in [1.82, 2.24) is 0 Å². The second-order valence-corrected chi connectivity index (χ2v) is 8.01. The third-order valence-electron chi connectivity index (χ3n) is 5.58. The molecule has 190 valence electrons. The highest BCUT2D eigenvalue weighted by molar-refractivity contribution is 6.20. The summed E-state index contributed by atoms with van der Waals surface area (Å²) in [6, 6.07) is 17.7. The molecule has 8 nitrogen and oxygen atoms in total. The van der Waals surface area contributed by atoms with Crippen LogP contribution in [-0.4, -0.2) is 78.0 Å². The molecule has 0 N–H and O–H groups in total. The van der Waals surface area contributed by atoms with Gasteiger partial charge >= 0.3 is 11.9 Å². The molecule has 1 aliphatic heterocycles. The summed E-state index contributed by atoms with van der Waals surface area (Å²) in [6.45, 7) is 2.76. The van der Waals surface area contributed by atoms with Gasteiger partial charge in [0.15, 0.2) is 0 Å². The number of hydrogen-bond acceptors (Lipinski definition) is 8. The van der Waals surface area contributed by atoms with Gasteiger partial charge in [-0.1, -0.05) is 48.5 Å². The van der Waals surface area contributed by atoms with Crippen molar-refractivity contribution < 1.29 is 38.0 Å². The standard InChI is InChI=1S/C28H30O8/c29-27-26(20-25-23-7-3-1-5-21(23)19-22-6-2-4-8-24(22)25)28(30)36-18-16-34-14-12-32-10-9-31-11-13-33-15-17-35-27/h1-8,19-20H,9-18H2. The van der Waals surface area contributed by atoms with Gasteiger partial charge in [0.1, 0.15) is 18.8 Å². The van der Waals surface area contributed by atoms with Gasteiger partial charge in [-0.3, -0.25) is 0 Å². The maximum Gasteiger partial charge on any atom is 0.345 e. The Hall–Kier alpha value is -3.30. The minimum absolute atomic E-state index is 0.00798. The van der Waals surface area contributed by atoms with Crippen molar-refractivity contribution in [2.45, 2.75) is 0 Å². The molecule has 3 aromatic carbocycles. The first-order chi connectivity index (χ1) is 17.7. The van der Waals surface area contributed by atoms with Crippen molar-refractivity contribution in [2.75, 3.05) is 66.1 Å². The van der Waals surface area contributed by atoms with Crippen molar-refractivity contribution in [3.05, 3.63) is 65.7 Å². The summed E-state index contributed by atoms with van der Waals surface area (Å²) in [5.74, 6) is -1.55. The maximum atomic E-state index is 13.0. The van der Waals surface area contributed by atoms with Crippen molar-refractivity contribution in [3.8, 4) is 0 Å². The van der Waals surface area contributed by atoms with E-state index in [-0.39, 0.29) is 32.0 Å². The molecular formula is C28H30O8. The highest BCUT2D eigenvalue weighted by atomic mass is 16.6. The van der Waals surface area contributed by atoms with Gasteiger partial charge in [-0.15, -0.1) is 0 Å². The number of carbonyl (C=O) groups excluding carboxylic acids is 2. The van der Waals surface area contributed by atoms with Gasteiger partial charge in [-0.25, -0.2) is 9.59 Å². The van der Waals surface area contributed by atoms with Crippen molar-refractivity contribution in [3.63, 3.8) is 0 Å². The fourth-order valence-corrected chi connectivity index (χ4v) is 3.85. The number of carbonyl (C=O) groups is 2. The third-order valence-corrected chi connectivity index (χ3v) is 5.58. The number of cyclic esters (lactones) is 2. The number of fused-ring (bicyclic) bond motifs is 2. The Balaban J connectivity index is 1.62. The lowest BCUT2D eigenvalue weighted by atomic mass is 9.95. The van der Waals surface area contributed by atoms with Gasteiger partial charge in [-0.05, 0) is 39.3 Å². The molecule has 1 heterocycles. The molecule has 0 atom stereocenters. The second-order valence-electron chi connectivity index (χ2n) is 8.01. The van der Waals surface area contributed by atoms with Crippen molar-refractivity contribution >= 4 is 39.6 Å². The normalized spacial score (nSPS) is 18.1. The second kappa shape index (κ2) is 13.7. The molecule has 0 aliphatic carbocycles. The van der Waals surface area contributed by atoms with Crippen LogP contribution in [0.5, 0.6) is 0 Å². The molecule has 1 fully saturated rings. The van der Waals surface area contributed by atoms with Crippen LogP contribution in [0.15, 0.2) is 60.2 Å². The van der Waals surface area contributed by atoms with Gasteiger partial charge in [-0.2, -0.15) is 0 Å². The summed E-state index contributed by atoms with van der Waals surface area (Å²) in [5, 5.41) is 3.80. The molecule has 1 saturated heterocycles. The Morgan fingerprint density at radius 3 is 1.36 bits per heavy atom. The summed E-state index contributed by atoms with van der Waals surface area (Å²) < 4.78 is 32.4. The average Bonchev–Trinajstić information content (AvgIpc) is 2.90. The summed E-state index contributed by atoms with van der Waals surface area (Å²) in [5.41, 5.74) is 0.550.